The number of hydrogen-bond donors (Lipinski definition) is 1. The van der Waals surface area contributed by atoms with Gasteiger partial charge in [-0.3, -0.25) is 4.79 Å². The molecule has 5 aromatic rings. The van der Waals surface area contributed by atoms with Crippen LogP contribution in [0, 0.1) is 0 Å². The standard InChI is InChI=1S/C32H30N2O3S/c1-2-36-31(35)18-17-28-29(24-9-5-3-6-10-24)20-33-30(28)19-23-13-15-27(16-14-23)37-21-26-22-38-32(34-26)25-11-7-4-8-12-25/h3-16,20,22,33H,2,17-19,21H2,1H3. The summed E-state index contributed by atoms with van der Waals surface area (Å²) in [7, 11) is 0. The minimum atomic E-state index is -0.170. The number of aromatic amines is 1. The number of esters is 1. The maximum absolute atomic E-state index is 12.1. The fourth-order valence-corrected chi connectivity index (χ4v) is 5.24. The highest BCUT2D eigenvalue weighted by Gasteiger charge is 2.15. The molecule has 0 radical (unpaired) electrons. The van der Waals surface area contributed by atoms with Crippen LogP contribution in [0.15, 0.2) is 96.5 Å². The SMILES string of the molecule is CCOC(=O)CCc1c(-c2ccccc2)c[nH]c1Cc1ccc(OCc2csc(-c3ccccc3)n2)cc1. The highest BCUT2D eigenvalue weighted by atomic mass is 32.1. The molecular weight excluding hydrogens is 492 g/mol. The summed E-state index contributed by atoms with van der Waals surface area (Å²) >= 11 is 1.63. The summed E-state index contributed by atoms with van der Waals surface area (Å²) in [6.45, 7) is 2.66. The van der Waals surface area contributed by atoms with Crippen molar-refractivity contribution in [1.29, 1.82) is 0 Å². The summed E-state index contributed by atoms with van der Waals surface area (Å²) in [6.07, 6.45) is 3.76. The van der Waals surface area contributed by atoms with Crippen molar-refractivity contribution >= 4 is 17.3 Å². The summed E-state index contributed by atoms with van der Waals surface area (Å²) in [4.78, 5) is 20.2. The fraction of sp³-hybridized carbons (Fsp3) is 0.188. The zero-order valence-corrected chi connectivity index (χ0v) is 22.2. The molecule has 0 aliphatic rings. The van der Waals surface area contributed by atoms with Gasteiger partial charge < -0.3 is 14.5 Å². The third-order valence-corrected chi connectivity index (χ3v) is 7.25. The summed E-state index contributed by atoms with van der Waals surface area (Å²) < 4.78 is 11.2. The van der Waals surface area contributed by atoms with Gasteiger partial charge >= 0.3 is 5.97 Å². The van der Waals surface area contributed by atoms with Crippen LogP contribution < -0.4 is 4.74 Å². The maximum atomic E-state index is 12.1. The first kappa shape index (κ1) is 25.5. The number of carbonyl (C=O) groups excluding carboxylic acids is 1. The van der Waals surface area contributed by atoms with E-state index in [1.807, 2.05) is 67.0 Å². The van der Waals surface area contributed by atoms with Crippen LogP contribution in [0.25, 0.3) is 21.7 Å². The van der Waals surface area contributed by atoms with E-state index in [0.29, 0.717) is 26.1 Å². The van der Waals surface area contributed by atoms with Crippen LogP contribution in [0.3, 0.4) is 0 Å². The molecular formula is C32H30N2O3S. The van der Waals surface area contributed by atoms with E-state index >= 15 is 0 Å². The number of ether oxygens (including phenoxy) is 2. The normalized spacial score (nSPS) is 10.9. The Labute approximate surface area is 227 Å². The minimum Gasteiger partial charge on any atom is -0.487 e. The molecule has 0 spiro atoms. The second-order valence-electron chi connectivity index (χ2n) is 8.95. The largest absolute Gasteiger partial charge is 0.487 e. The summed E-state index contributed by atoms with van der Waals surface area (Å²) in [5.74, 6) is 0.637. The van der Waals surface area contributed by atoms with Crippen LogP contribution in [0.4, 0.5) is 0 Å². The molecule has 0 aliphatic heterocycles. The van der Waals surface area contributed by atoms with Gasteiger partial charge in [0.15, 0.2) is 0 Å². The van der Waals surface area contributed by atoms with Crippen molar-refractivity contribution in [2.45, 2.75) is 32.8 Å². The average molecular weight is 523 g/mol. The van der Waals surface area contributed by atoms with Gasteiger partial charge in [0.05, 0.1) is 12.3 Å². The van der Waals surface area contributed by atoms with E-state index in [2.05, 4.69) is 41.4 Å². The predicted octanol–water partition coefficient (Wildman–Crippen LogP) is 7.47. The van der Waals surface area contributed by atoms with E-state index in [0.717, 1.165) is 56.4 Å². The molecule has 2 heterocycles. The van der Waals surface area contributed by atoms with Crippen LogP contribution in [-0.4, -0.2) is 22.5 Å². The number of benzene rings is 3. The maximum Gasteiger partial charge on any atom is 0.306 e. The first-order valence-corrected chi connectivity index (χ1v) is 13.7. The Morgan fingerprint density at radius 2 is 1.63 bits per heavy atom. The molecule has 192 valence electrons. The van der Waals surface area contributed by atoms with Crippen molar-refractivity contribution in [3.63, 3.8) is 0 Å². The lowest BCUT2D eigenvalue weighted by Gasteiger charge is -2.10. The zero-order chi connectivity index (χ0) is 26.2. The van der Waals surface area contributed by atoms with Gasteiger partial charge in [-0.25, -0.2) is 4.98 Å². The van der Waals surface area contributed by atoms with Gasteiger partial charge in [0.2, 0.25) is 0 Å². The van der Waals surface area contributed by atoms with Gasteiger partial charge in [0, 0.05) is 41.2 Å². The number of aromatic nitrogens is 2. The van der Waals surface area contributed by atoms with E-state index in [-0.39, 0.29) is 5.97 Å². The quantitative estimate of drug-likeness (QED) is 0.183. The second kappa shape index (κ2) is 12.4. The van der Waals surface area contributed by atoms with Crippen molar-refractivity contribution in [3.05, 3.63) is 119 Å². The van der Waals surface area contributed by atoms with Crippen molar-refractivity contribution in [1.82, 2.24) is 9.97 Å². The molecule has 0 unspecified atom stereocenters. The van der Waals surface area contributed by atoms with Crippen LogP contribution in [0.5, 0.6) is 5.75 Å². The van der Waals surface area contributed by atoms with Crippen LogP contribution in [-0.2, 0) is 29.0 Å². The number of hydrogen-bond acceptors (Lipinski definition) is 5. The number of carbonyl (C=O) groups is 1. The van der Waals surface area contributed by atoms with Crippen molar-refractivity contribution in [3.8, 4) is 27.4 Å². The molecule has 0 atom stereocenters. The van der Waals surface area contributed by atoms with Gasteiger partial charge in [0.25, 0.3) is 0 Å². The Kier molecular flexibility index (Phi) is 8.31. The third kappa shape index (κ3) is 6.39. The molecule has 2 aromatic heterocycles. The Hall–Kier alpha value is -4.16. The summed E-state index contributed by atoms with van der Waals surface area (Å²) in [6, 6.07) is 28.6. The molecule has 0 aliphatic carbocycles. The van der Waals surface area contributed by atoms with E-state index in [9.17, 15) is 4.79 Å². The lowest BCUT2D eigenvalue weighted by atomic mass is 9.96. The molecule has 0 bridgehead atoms. The fourth-order valence-electron chi connectivity index (χ4n) is 4.43. The topological polar surface area (TPSA) is 64.2 Å². The predicted molar refractivity (Wildman–Crippen MR) is 152 cm³/mol. The van der Waals surface area contributed by atoms with Crippen LogP contribution >= 0.6 is 11.3 Å². The second-order valence-corrected chi connectivity index (χ2v) is 9.81. The highest BCUT2D eigenvalue weighted by Crippen LogP contribution is 2.29. The molecule has 6 heteroatoms. The molecule has 5 rings (SSSR count). The van der Waals surface area contributed by atoms with Gasteiger partial charge in [-0.1, -0.05) is 72.8 Å². The zero-order valence-electron chi connectivity index (χ0n) is 21.4. The number of nitrogens with zero attached hydrogens (tertiary/aromatic N) is 1. The number of H-pyrrole nitrogens is 1. The smallest absolute Gasteiger partial charge is 0.306 e. The minimum absolute atomic E-state index is 0.170. The van der Waals surface area contributed by atoms with Crippen molar-refractivity contribution in [2.24, 2.45) is 0 Å². The lowest BCUT2D eigenvalue weighted by Crippen LogP contribution is -2.06. The monoisotopic (exact) mass is 522 g/mol. The Morgan fingerprint density at radius 1 is 0.921 bits per heavy atom. The number of thiazole rings is 1. The van der Waals surface area contributed by atoms with E-state index in [4.69, 9.17) is 14.5 Å². The van der Waals surface area contributed by atoms with Crippen LogP contribution in [0.2, 0.25) is 0 Å². The molecule has 38 heavy (non-hydrogen) atoms. The van der Waals surface area contributed by atoms with E-state index in [1.54, 1.807) is 11.3 Å². The number of nitrogens with one attached hydrogen (secondary N) is 1. The lowest BCUT2D eigenvalue weighted by molar-refractivity contribution is -0.143. The number of rotatable bonds is 11. The Balaban J connectivity index is 1.25. The molecule has 0 fully saturated rings. The van der Waals surface area contributed by atoms with Crippen LogP contribution in [0.1, 0.15) is 35.9 Å². The van der Waals surface area contributed by atoms with Gasteiger partial charge in [-0.05, 0) is 42.2 Å². The third-order valence-electron chi connectivity index (χ3n) is 6.31. The summed E-state index contributed by atoms with van der Waals surface area (Å²) in [5.41, 5.74) is 7.73. The van der Waals surface area contributed by atoms with Crippen molar-refractivity contribution < 1.29 is 14.3 Å². The molecule has 1 N–H and O–H groups in total. The molecule has 3 aromatic carbocycles. The highest BCUT2D eigenvalue weighted by molar-refractivity contribution is 7.13. The first-order chi connectivity index (χ1) is 18.7. The molecule has 5 nitrogen and oxygen atoms in total. The molecule has 0 saturated carbocycles. The van der Waals surface area contributed by atoms with Gasteiger partial charge in [-0.2, -0.15) is 0 Å². The van der Waals surface area contributed by atoms with Gasteiger partial charge in [0.1, 0.15) is 17.4 Å². The first-order valence-electron chi connectivity index (χ1n) is 12.8. The molecule has 0 amide bonds. The van der Waals surface area contributed by atoms with E-state index in [1.165, 1.54) is 0 Å². The molecule has 0 saturated heterocycles. The van der Waals surface area contributed by atoms with Crippen molar-refractivity contribution in [2.75, 3.05) is 6.61 Å². The Bertz CT molecular complexity index is 1460. The van der Waals surface area contributed by atoms with Gasteiger partial charge in [-0.15, -0.1) is 11.3 Å². The average Bonchev–Trinajstić information content (AvgIpc) is 3.60. The summed E-state index contributed by atoms with van der Waals surface area (Å²) in [5, 5.41) is 3.04. The Morgan fingerprint density at radius 3 is 2.34 bits per heavy atom. The van der Waals surface area contributed by atoms with E-state index < -0.39 is 0 Å².